The molecule has 0 saturated heterocycles. The van der Waals surface area contributed by atoms with Gasteiger partial charge < -0.3 is 10.1 Å². The lowest BCUT2D eigenvalue weighted by Crippen LogP contribution is -2.28. The van der Waals surface area contributed by atoms with E-state index in [9.17, 15) is 4.79 Å². The topological polar surface area (TPSA) is 38.3 Å². The normalized spacial score (nSPS) is 10.5. The van der Waals surface area contributed by atoms with Crippen LogP contribution < -0.4 is 10.1 Å². The van der Waals surface area contributed by atoms with Crippen LogP contribution in [0, 0.1) is 0 Å². The number of carbonyl (C=O) groups is 1. The number of amides is 1. The fourth-order valence-electron chi connectivity index (χ4n) is 2.40. The molecule has 0 bridgehead atoms. The molecule has 23 heavy (non-hydrogen) atoms. The zero-order valence-corrected chi connectivity index (χ0v) is 13.2. The van der Waals surface area contributed by atoms with Gasteiger partial charge in [-0.15, -0.1) is 0 Å². The zero-order valence-electron chi connectivity index (χ0n) is 12.5. The smallest absolute Gasteiger partial charge is 0.258 e. The minimum atomic E-state index is -0.169. The van der Waals surface area contributed by atoms with Crippen LogP contribution in [0.1, 0.15) is 5.56 Å². The van der Waals surface area contributed by atoms with Crippen LogP contribution in [0.3, 0.4) is 0 Å². The van der Waals surface area contributed by atoms with Gasteiger partial charge in [-0.2, -0.15) is 0 Å². The molecular weight excluding hydrogens is 310 g/mol. The van der Waals surface area contributed by atoms with Crippen molar-refractivity contribution in [3.05, 3.63) is 77.3 Å². The van der Waals surface area contributed by atoms with E-state index in [4.69, 9.17) is 16.3 Å². The molecule has 4 heteroatoms. The van der Waals surface area contributed by atoms with Gasteiger partial charge in [0.15, 0.2) is 6.61 Å². The second kappa shape index (κ2) is 7.16. The van der Waals surface area contributed by atoms with Gasteiger partial charge >= 0.3 is 0 Å². The molecule has 116 valence electrons. The van der Waals surface area contributed by atoms with Crippen LogP contribution in [0.2, 0.25) is 5.02 Å². The fraction of sp³-hybridized carbons (Fsp3) is 0.105. The van der Waals surface area contributed by atoms with Crippen molar-refractivity contribution in [2.75, 3.05) is 6.61 Å². The van der Waals surface area contributed by atoms with Crippen LogP contribution in [0.15, 0.2) is 66.7 Å². The Hall–Kier alpha value is -2.52. The summed E-state index contributed by atoms with van der Waals surface area (Å²) >= 11 is 5.88. The van der Waals surface area contributed by atoms with Gasteiger partial charge in [0.1, 0.15) is 5.75 Å². The molecule has 0 aliphatic carbocycles. The predicted octanol–water partition coefficient (Wildman–Crippen LogP) is 4.19. The Kier molecular flexibility index (Phi) is 4.79. The first-order valence-corrected chi connectivity index (χ1v) is 7.72. The third kappa shape index (κ3) is 4.02. The highest BCUT2D eigenvalue weighted by Gasteiger charge is 2.05. The molecule has 0 radical (unpaired) electrons. The van der Waals surface area contributed by atoms with Crippen molar-refractivity contribution in [1.82, 2.24) is 5.32 Å². The molecule has 0 saturated carbocycles. The number of nitrogens with one attached hydrogen (secondary N) is 1. The Labute approximate surface area is 139 Å². The zero-order chi connectivity index (χ0) is 16.1. The molecule has 3 rings (SSSR count). The SMILES string of the molecule is O=C(COc1cccc(Cl)c1)NCc1cccc2ccccc12. The highest BCUT2D eigenvalue weighted by atomic mass is 35.5. The first-order valence-electron chi connectivity index (χ1n) is 7.34. The minimum absolute atomic E-state index is 0.0366. The molecule has 0 aromatic heterocycles. The molecule has 0 aliphatic rings. The van der Waals surface area contributed by atoms with Gasteiger partial charge in [0, 0.05) is 11.6 Å². The summed E-state index contributed by atoms with van der Waals surface area (Å²) in [5.74, 6) is 0.413. The summed E-state index contributed by atoms with van der Waals surface area (Å²) in [5.41, 5.74) is 1.08. The summed E-state index contributed by atoms with van der Waals surface area (Å²) in [4.78, 5) is 11.9. The molecule has 0 unspecified atom stereocenters. The molecule has 0 aliphatic heterocycles. The third-order valence-corrected chi connectivity index (χ3v) is 3.76. The van der Waals surface area contributed by atoms with E-state index in [-0.39, 0.29) is 12.5 Å². The summed E-state index contributed by atoms with van der Waals surface area (Å²) in [5, 5.41) is 5.77. The van der Waals surface area contributed by atoms with Gasteiger partial charge in [0.2, 0.25) is 0 Å². The molecule has 0 heterocycles. The molecule has 1 amide bonds. The Morgan fingerprint density at radius 2 is 1.78 bits per heavy atom. The van der Waals surface area contributed by atoms with E-state index in [0.29, 0.717) is 17.3 Å². The monoisotopic (exact) mass is 325 g/mol. The number of halogens is 1. The number of benzene rings is 3. The third-order valence-electron chi connectivity index (χ3n) is 3.52. The highest BCUT2D eigenvalue weighted by molar-refractivity contribution is 6.30. The van der Waals surface area contributed by atoms with Crippen molar-refractivity contribution in [2.24, 2.45) is 0 Å². The van der Waals surface area contributed by atoms with Crippen molar-refractivity contribution in [3.63, 3.8) is 0 Å². The largest absolute Gasteiger partial charge is 0.484 e. The van der Waals surface area contributed by atoms with Crippen LogP contribution in [-0.2, 0) is 11.3 Å². The lowest BCUT2D eigenvalue weighted by atomic mass is 10.0. The maximum atomic E-state index is 11.9. The number of hydrogen-bond donors (Lipinski definition) is 1. The number of rotatable bonds is 5. The number of ether oxygens (including phenoxy) is 1. The first kappa shape index (κ1) is 15.4. The van der Waals surface area contributed by atoms with Gasteiger partial charge in [0.05, 0.1) is 0 Å². The van der Waals surface area contributed by atoms with Crippen molar-refractivity contribution in [1.29, 1.82) is 0 Å². The van der Waals surface area contributed by atoms with Gasteiger partial charge in [-0.3, -0.25) is 4.79 Å². The summed E-state index contributed by atoms with van der Waals surface area (Å²) in [6.45, 7) is 0.435. The second-order valence-electron chi connectivity index (χ2n) is 5.16. The molecule has 0 fully saturated rings. The van der Waals surface area contributed by atoms with E-state index < -0.39 is 0 Å². The second-order valence-corrected chi connectivity index (χ2v) is 5.60. The summed E-state index contributed by atoms with van der Waals surface area (Å²) in [6.07, 6.45) is 0. The molecule has 1 N–H and O–H groups in total. The molecule has 0 spiro atoms. The summed E-state index contributed by atoms with van der Waals surface area (Å²) in [6, 6.07) is 21.2. The van der Waals surface area contributed by atoms with Crippen molar-refractivity contribution in [3.8, 4) is 5.75 Å². The highest BCUT2D eigenvalue weighted by Crippen LogP contribution is 2.18. The molecule has 3 nitrogen and oxygen atoms in total. The van der Waals surface area contributed by atoms with Crippen molar-refractivity contribution >= 4 is 28.3 Å². The van der Waals surface area contributed by atoms with E-state index in [1.807, 2.05) is 24.3 Å². The molecule has 3 aromatic carbocycles. The molecule has 0 atom stereocenters. The average Bonchev–Trinajstić information content (AvgIpc) is 2.58. The Balaban J connectivity index is 1.58. The lowest BCUT2D eigenvalue weighted by Gasteiger charge is -2.09. The van der Waals surface area contributed by atoms with Crippen molar-refractivity contribution in [2.45, 2.75) is 6.54 Å². The van der Waals surface area contributed by atoms with Gasteiger partial charge in [0.25, 0.3) is 5.91 Å². The fourth-order valence-corrected chi connectivity index (χ4v) is 2.58. The molecule has 3 aromatic rings. The van der Waals surface area contributed by atoms with E-state index in [0.717, 1.165) is 16.3 Å². The number of hydrogen-bond acceptors (Lipinski definition) is 2. The lowest BCUT2D eigenvalue weighted by molar-refractivity contribution is -0.123. The van der Waals surface area contributed by atoms with Crippen LogP contribution >= 0.6 is 11.6 Å². The Bertz CT molecular complexity index is 827. The predicted molar refractivity (Wildman–Crippen MR) is 92.7 cm³/mol. The van der Waals surface area contributed by atoms with Crippen LogP contribution in [-0.4, -0.2) is 12.5 Å². The maximum Gasteiger partial charge on any atom is 0.258 e. The van der Waals surface area contributed by atoms with Crippen LogP contribution in [0.25, 0.3) is 10.8 Å². The number of fused-ring (bicyclic) bond motifs is 1. The quantitative estimate of drug-likeness (QED) is 0.764. The number of carbonyl (C=O) groups excluding carboxylic acids is 1. The van der Waals surface area contributed by atoms with Crippen molar-refractivity contribution < 1.29 is 9.53 Å². The van der Waals surface area contributed by atoms with E-state index >= 15 is 0 Å². The van der Waals surface area contributed by atoms with E-state index in [1.165, 1.54) is 0 Å². The summed E-state index contributed by atoms with van der Waals surface area (Å²) < 4.78 is 5.43. The average molecular weight is 326 g/mol. The van der Waals surface area contributed by atoms with Gasteiger partial charge in [-0.1, -0.05) is 60.1 Å². The maximum absolute atomic E-state index is 11.9. The minimum Gasteiger partial charge on any atom is -0.484 e. The first-order chi connectivity index (χ1) is 11.2. The summed E-state index contributed by atoms with van der Waals surface area (Å²) in [7, 11) is 0. The van der Waals surface area contributed by atoms with Gasteiger partial charge in [-0.25, -0.2) is 0 Å². The van der Waals surface area contributed by atoms with Gasteiger partial charge in [-0.05, 0) is 34.5 Å². The Morgan fingerprint density at radius 3 is 2.65 bits per heavy atom. The Morgan fingerprint density at radius 1 is 1.00 bits per heavy atom. The van der Waals surface area contributed by atoms with Crippen LogP contribution in [0.5, 0.6) is 5.75 Å². The van der Waals surface area contributed by atoms with Crippen LogP contribution in [0.4, 0.5) is 0 Å². The van der Waals surface area contributed by atoms with E-state index in [2.05, 4.69) is 23.5 Å². The molecular formula is C19H16ClNO2. The van der Waals surface area contributed by atoms with E-state index in [1.54, 1.807) is 24.3 Å². The standard InChI is InChI=1S/C19H16ClNO2/c20-16-8-4-9-17(11-16)23-13-19(22)21-12-15-7-3-6-14-5-1-2-10-18(14)15/h1-11H,12-13H2,(H,21,22).